The maximum Gasteiger partial charge on any atom is 0.399 e. The molecular formula is C9H11N4O5S+. The average molecular weight is 287 g/mol. The molecule has 0 unspecified atom stereocenters. The lowest BCUT2D eigenvalue weighted by molar-refractivity contribution is -0.753. The molecule has 2 aromatic rings. The molecule has 0 bridgehead atoms. The van der Waals surface area contributed by atoms with Gasteiger partial charge in [0.2, 0.25) is 6.20 Å². The fourth-order valence-corrected chi connectivity index (χ4v) is 1.64. The second-order valence-electron chi connectivity index (χ2n) is 3.32. The molecule has 0 fully saturated rings. The lowest BCUT2D eigenvalue weighted by Gasteiger charge is -1.99. The van der Waals surface area contributed by atoms with Crippen LogP contribution in [0.15, 0.2) is 29.3 Å². The fraction of sp³-hybridized carbons (Fsp3) is 0.333. The van der Waals surface area contributed by atoms with Crippen LogP contribution in [-0.4, -0.2) is 37.4 Å². The molecule has 2 rings (SSSR count). The molecule has 9 nitrogen and oxygen atoms in total. The number of nitrogens with zero attached hydrogens (tertiary/aromatic N) is 4. The van der Waals surface area contributed by atoms with E-state index in [0.717, 1.165) is 7.11 Å². The number of hydrogen-bond donors (Lipinski definition) is 0. The highest BCUT2D eigenvalue weighted by molar-refractivity contribution is 7.81. The van der Waals surface area contributed by atoms with Crippen LogP contribution in [0.1, 0.15) is 0 Å². The SMILES string of the molecule is COS(=O)(=O)OCC[n+]1cc(-c2ncno2)ccn1. The van der Waals surface area contributed by atoms with Crippen molar-refractivity contribution in [1.82, 2.24) is 15.2 Å². The van der Waals surface area contributed by atoms with E-state index in [9.17, 15) is 8.42 Å². The van der Waals surface area contributed by atoms with Gasteiger partial charge in [0.05, 0.1) is 13.3 Å². The van der Waals surface area contributed by atoms with Gasteiger partial charge in [0.15, 0.2) is 12.9 Å². The molecule has 0 spiro atoms. The summed E-state index contributed by atoms with van der Waals surface area (Å²) in [6.45, 7) is 0.131. The molecule has 10 heteroatoms. The number of hydrogen-bond acceptors (Lipinski definition) is 8. The van der Waals surface area contributed by atoms with Crippen molar-refractivity contribution in [3.8, 4) is 11.5 Å². The summed E-state index contributed by atoms with van der Waals surface area (Å²) < 4.78 is 37.0. The molecule has 0 atom stereocenters. The summed E-state index contributed by atoms with van der Waals surface area (Å²) in [4.78, 5) is 3.89. The standard InChI is InChI=1S/C9H11N4O5S/c1-16-19(14,15)17-5-4-13-6-8(2-3-11-13)9-10-7-12-18-9/h2-3,6-7H,4-5H2,1H3/q+1. The molecule has 0 radical (unpaired) electrons. The Labute approximate surface area is 109 Å². The topological polar surface area (TPSA) is 108 Å². The van der Waals surface area contributed by atoms with Crippen molar-refractivity contribution in [3.63, 3.8) is 0 Å². The maximum atomic E-state index is 10.9. The van der Waals surface area contributed by atoms with Gasteiger partial charge in [-0.3, -0.25) is 4.18 Å². The molecule has 0 aliphatic carbocycles. The smallest absolute Gasteiger partial charge is 0.334 e. The van der Waals surface area contributed by atoms with Gasteiger partial charge in [-0.1, -0.05) is 9.84 Å². The minimum absolute atomic E-state index is 0.0961. The molecule has 0 amide bonds. The summed E-state index contributed by atoms with van der Waals surface area (Å²) in [6.07, 6.45) is 4.45. The van der Waals surface area contributed by atoms with Crippen molar-refractivity contribution in [3.05, 3.63) is 24.8 Å². The first kappa shape index (κ1) is 13.5. The third-order valence-corrected chi connectivity index (χ3v) is 2.98. The average Bonchev–Trinajstić information content (AvgIpc) is 2.93. The van der Waals surface area contributed by atoms with E-state index in [1.165, 1.54) is 17.2 Å². The summed E-state index contributed by atoms with van der Waals surface area (Å²) in [7, 11) is -2.90. The molecule has 0 N–H and O–H groups in total. The molecule has 2 aromatic heterocycles. The van der Waals surface area contributed by atoms with Crippen molar-refractivity contribution >= 4 is 10.4 Å². The molecule has 0 saturated carbocycles. The highest BCUT2D eigenvalue weighted by Crippen LogP contribution is 2.11. The summed E-state index contributed by atoms with van der Waals surface area (Å²) >= 11 is 0. The van der Waals surface area contributed by atoms with E-state index >= 15 is 0 Å². The first-order chi connectivity index (χ1) is 9.11. The second kappa shape index (κ2) is 5.82. The maximum absolute atomic E-state index is 10.9. The Kier molecular flexibility index (Phi) is 4.14. The van der Waals surface area contributed by atoms with Gasteiger partial charge in [0.1, 0.15) is 12.2 Å². The quantitative estimate of drug-likeness (QED) is 0.643. The van der Waals surface area contributed by atoms with E-state index in [1.807, 2.05) is 0 Å². The molecule has 0 saturated heterocycles. The van der Waals surface area contributed by atoms with Crippen LogP contribution in [0.3, 0.4) is 0 Å². The lowest BCUT2D eigenvalue weighted by Crippen LogP contribution is -2.40. The zero-order valence-corrected chi connectivity index (χ0v) is 10.8. The third kappa shape index (κ3) is 3.77. The van der Waals surface area contributed by atoms with E-state index < -0.39 is 10.4 Å². The fourth-order valence-electron chi connectivity index (χ4n) is 1.27. The number of rotatable bonds is 6. The monoisotopic (exact) mass is 287 g/mol. The van der Waals surface area contributed by atoms with Crippen LogP contribution >= 0.6 is 0 Å². The minimum Gasteiger partial charge on any atom is -0.334 e. The molecule has 0 aliphatic rings. The zero-order valence-electron chi connectivity index (χ0n) is 9.96. The number of aromatic nitrogens is 4. The van der Waals surface area contributed by atoms with Gasteiger partial charge < -0.3 is 4.52 Å². The Morgan fingerprint density at radius 2 is 2.32 bits per heavy atom. The molecule has 2 heterocycles. The Morgan fingerprint density at radius 3 is 3.00 bits per heavy atom. The van der Waals surface area contributed by atoms with Gasteiger partial charge in [-0.25, -0.2) is 4.18 Å². The Morgan fingerprint density at radius 1 is 1.47 bits per heavy atom. The molecule has 0 aliphatic heterocycles. The van der Waals surface area contributed by atoms with Crippen LogP contribution in [-0.2, 0) is 25.3 Å². The van der Waals surface area contributed by atoms with Crippen LogP contribution in [0.4, 0.5) is 0 Å². The first-order valence-corrected chi connectivity index (χ1v) is 6.52. The van der Waals surface area contributed by atoms with Crippen LogP contribution in [0, 0.1) is 0 Å². The highest BCUT2D eigenvalue weighted by Gasteiger charge is 2.13. The predicted octanol–water partition coefficient (Wildman–Crippen LogP) is -0.673. The van der Waals surface area contributed by atoms with Crippen molar-refractivity contribution in [2.45, 2.75) is 6.54 Å². The first-order valence-electron chi connectivity index (χ1n) is 5.18. The van der Waals surface area contributed by atoms with Crippen LogP contribution < -0.4 is 4.68 Å². The Bertz CT molecular complexity index is 628. The molecule has 0 aromatic carbocycles. The zero-order chi connectivity index (χ0) is 13.7. The molecule has 19 heavy (non-hydrogen) atoms. The molecule has 102 valence electrons. The normalized spacial score (nSPS) is 11.6. The van der Waals surface area contributed by atoms with E-state index in [2.05, 4.69) is 23.6 Å². The van der Waals surface area contributed by atoms with Gasteiger partial charge in [0, 0.05) is 0 Å². The van der Waals surface area contributed by atoms with E-state index in [0.29, 0.717) is 11.5 Å². The van der Waals surface area contributed by atoms with E-state index in [1.54, 1.807) is 12.3 Å². The van der Waals surface area contributed by atoms with Gasteiger partial charge in [-0.15, -0.1) is 0 Å². The van der Waals surface area contributed by atoms with Crippen molar-refractivity contribution in [2.75, 3.05) is 13.7 Å². The summed E-state index contributed by atoms with van der Waals surface area (Å²) in [5, 5.41) is 7.50. The summed E-state index contributed by atoms with van der Waals surface area (Å²) in [6, 6.07) is 1.69. The summed E-state index contributed by atoms with van der Waals surface area (Å²) in [5.74, 6) is 0.349. The Hall–Kier alpha value is -1.91. The van der Waals surface area contributed by atoms with Crippen LogP contribution in [0.25, 0.3) is 11.5 Å². The van der Waals surface area contributed by atoms with E-state index in [-0.39, 0.29) is 13.2 Å². The van der Waals surface area contributed by atoms with Crippen molar-refractivity contribution in [2.24, 2.45) is 0 Å². The van der Waals surface area contributed by atoms with Gasteiger partial charge in [-0.05, 0) is 11.2 Å². The minimum atomic E-state index is -3.92. The van der Waals surface area contributed by atoms with Crippen molar-refractivity contribution < 1.29 is 26.0 Å². The van der Waals surface area contributed by atoms with Crippen LogP contribution in [0.5, 0.6) is 0 Å². The Balaban J connectivity index is 2.00. The summed E-state index contributed by atoms with van der Waals surface area (Å²) in [5.41, 5.74) is 0.669. The predicted molar refractivity (Wildman–Crippen MR) is 59.6 cm³/mol. The van der Waals surface area contributed by atoms with E-state index in [4.69, 9.17) is 4.52 Å². The van der Waals surface area contributed by atoms with Gasteiger partial charge >= 0.3 is 10.4 Å². The molecular weight excluding hydrogens is 276 g/mol. The van der Waals surface area contributed by atoms with Crippen molar-refractivity contribution in [1.29, 1.82) is 0 Å². The second-order valence-corrected chi connectivity index (χ2v) is 4.71. The van der Waals surface area contributed by atoms with Crippen LogP contribution in [0.2, 0.25) is 0 Å². The van der Waals surface area contributed by atoms with Gasteiger partial charge in [0.25, 0.3) is 5.89 Å². The lowest BCUT2D eigenvalue weighted by atomic mass is 10.3. The highest BCUT2D eigenvalue weighted by atomic mass is 32.3. The van der Waals surface area contributed by atoms with Gasteiger partial charge in [-0.2, -0.15) is 13.4 Å². The largest absolute Gasteiger partial charge is 0.399 e. The third-order valence-electron chi connectivity index (χ3n) is 2.12.